The van der Waals surface area contributed by atoms with E-state index < -0.39 is 6.61 Å². The van der Waals surface area contributed by atoms with Crippen molar-refractivity contribution in [2.45, 2.75) is 26.0 Å². The van der Waals surface area contributed by atoms with E-state index in [4.69, 9.17) is 5.11 Å². The standard InChI is InChI=1S/C12H15F2NO3/c1-8(7-16)15-11(17)6-9-2-4-10(5-3-9)18-12(13)14/h2-5,8,12,16H,6-7H2,1H3,(H,15,17). The van der Waals surface area contributed by atoms with Gasteiger partial charge >= 0.3 is 6.61 Å². The normalized spacial score (nSPS) is 12.3. The maximum atomic E-state index is 11.9. The summed E-state index contributed by atoms with van der Waals surface area (Å²) in [5.41, 5.74) is 0.680. The fourth-order valence-corrected chi connectivity index (χ4v) is 1.35. The summed E-state index contributed by atoms with van der Waals surface area (Å²) in [5.74, 6) is -0.183. The largest absolute Gasteiger partial charge is 0.435 e. The number of halogens is 2. The molecule has 6 heteroatoms. The van der Waals surface area contributed by atoms with Crippen LogP contribution < -0.4 is 10.1 Å². The molecule has 2 N–H and O–H groups in total. The van der Waals surface area contributed by atoms with Crippen LogP contribution in [-0.4, -0.2) is 30.3 Å². The van der Waals surface area contributed by atoms with E-state index in [9.17, 15) is 13.6 Å². The lowest BCUT2D eigenvalue weighted by molar-refractivity contribution is -0.121. The lowest BCUT2D eigenvalue weighted by Gasteiger charge is -2.11. The second-order valence-electron chi connectivity index (χ2n) is 3.85. The maximum Gasteiger partial charge on any atom is 0.387 e. The number of rotatable bonds is 6. The quantitative estimate of drug-likeness (QED) is 0.810. The van der Waals surface area contributed by atoms with Gasteiger partial charge in [-0.2, -0.15) is 8.78 Å². The molecule has 0 radical (unpaired) electrons. The fraction of sp³-hybridized carbons (Fsp3) is 0.417. The number of carbonyl (C=O) groups excluding carboxylic acids is 1. The number of ether oxygens (including phenoxy) is 1. The number of carbonyl (C=O) groups is 1. The minimum atomic E-state index is -2.86. The molecule has 100 valence electrons. The van der Waals surface area contributed by atoms with Gasteiger partial charge < -0.3 is 15.2 Å². The molecule has 0 saturated heterocycles. The maximum absolute atomic E-state index is 11.9. The highest BCUT2D eigenvalue weighted by atomic mass is 19.3. The number of nitrogens with one attached hydrogen (secondary N) is 1. The van der Waals surface area contributed by atoms with Crippen molar-refractivity contribution < 1.29 is 23.4 Å². The molecule has 1 unspecified atom stereocenters. The summed E-state index contributed by atoms with van der Waals surface area (Å²) in [6, 6.07) is 5.54. The van der Waals surface area contributed by atoms with Gasteiger partial charge in [-0.1, -0.05) is 12.1 Å². The smallest absolute Gasteiger partial charge is 0.387 e. The number of alkyl halides is 2. The molecule has 0 spiro atoms. The van der Waals surface area contributed by atoms with Crippen molar-refractivity contribution in [2.24, 2.45) is 0 Å². The zero-order valence-corrected chi connectivity index (χ0v) is 9.90. The molecule has 0 bridgehead atoms. The van der Waals surface area contributed by atoms with Gasteiger partial charge in [-0.05, 0) is 24.6 Å². The van der Waals surface area contributed by atoms with E-state index in [1.807, 2.05) is 0 Å². The summed E-state index contributed by atoms with van der Waals surface area (Å²) in [4.78, 5) is 11.5. The topological polar surface area (TPSA) is 58.6 Å². The van der Waals surface area contributed by atoms with Crippen LogP contribution in [0.15, 0.2) is 24.3 Å². The van der Waals surface area contributed by atoms with E-state index in [0.29, 0.717) is 5.56 Å². The van der Waals surface area contributed by atoms with Gasteiger partial charge in [-0.3, -0.25) is 4.79 Å². The Hall–Kier alpha value is -1.69. The minimum absolute atomic E-state index is 0.0536. The lowest BCUT2D eigenvalue weighted by Crippen LogP contribution is -2.35. The van der Waals surface area contributed by atoms with Crippen molar-refractivity contribution in [2.75, 3.05) is 6.61 Å². The van der Waals surface area contributed by atoms with E-state index in [2.05, 4.69) is 10.1 Å². The third-order valence-corrected chi connectivity index (χ3v) is 2.19. The molecule has 1 aromatic rings. The molecule has 1 rings (SSSR count). The van der Waals surface area contributed by atoms with Crippen molar-refractivity contribution in [1.29, 1.82) is 0 Å². The van der Waals surface area contributed by atoms with Crippen LogP contribution >= 0.6 is 0 Å². The van der Waals surface area contributed by atoms with Gasteiger partial charge in [0.2, 0.25) is 5.91 Å². The summed E-state index contributed by atoms with van der Waals surface area (Å²) in [6.45, 7) is -1.31. The summed E-state index contributed by atoms with van der Waals surface area (Å²) in [7, 11) is 0. The van der Waals surface area contributed by atoms with Crippen molar-refractivity contribution in [1.82, 2.24) is 5.32 Å². The Kier molecular flexibility index (Phi) is 5.51. The van der Waals surface area contributed by atoms with Crippen LogP contribution in [0, 0.1) is 0 Å². The number of benzene rings is 1. The first kappa shape index (κ1) is 14.4. The molecule has 0 heterocycles. The van der Waals surface area contributed by atoms with Crippen LogP contribution in [0.25, 0.3) is 0 Å². The van der Waals surface area contributed by atoms with Gasteiger partial charge in [0.15, 0.2) is 0 Å². The summed E-state index contributed by atoms with van der Waals surface area (Å²) >= 11 is 0. The van der Waals surface area contributed by atoms with Gasteiger partial charge in [-0.25, -0.2) is 0 Å². The van der Waals surface area contributed by atoms with Crippen LogP contribution in [0.5, 0.6) is 5.75 Å². The van der Waals surface area contributed by atoms with Gasteiger partial charge in [-0.15, -0.1) is 0 Å². The summed E-state index contributed by atoms with van der Waals surface area (Å²) in [5, 5.41) is 11.4. The first-order valence-corrected chi connectivity index (χ1v) is 5.45. The number of hydrogen-bond donors (Lipinski definition) is 2. The number of amides is 1. The average Bonchev–Trinajstić information content (AvgIpc) is 2.30. The summed E-state index contributed by atoms with van der Waals surface area (Å²) in [6.07, 6.45) is 0.124. The average molecular weight is 259 g/mol. The molecule has 18 heavy (non-hydrogen) atoms. The van der Waals surface area contributed by atoms with Gasteiger partial charge in [0.25, 0.3) is 0 Å². The van der Waals surface area contributed by atoms with E-state index >= 15 is 0 Å². The van der Waals surface area contributed by atoms with E-state index in [-0.39, 0.29) is 30.7 Å². The Morgan fingerprint density at radius 3 is 2.50 bits per heavy atom. The fourth-order valence-electron chi connectivity index (χ4n) is 1.35. The monoisotopic (exact) mass is 259 g/mol. The zero-order chi connectivity index (χ0) is 13.5. The van der Waals surface area contributed by atoms with Gasteiger partial charge in [0.1, 0.15) is 5.75 Å². The molecular formula is C12H15F2NO3. The van der Waals surface area contributed by atoms with Crippen molar-refractivity contribution in [3.8, 4) is 5.75 Å². The predicted octanol–water partition coefficient (Wildman–Crippen LogP) is 1.33. The SMILES string of the molecule is CC(CO)NC(=O)Cc1ccc(OC(F)F)cc1. The Balaban J connectivity index is 2.50. The van der Waals surface area contributed by atoms with Crippen molar-refractivity contribution in [3.05, 3.63) is 29.8 Å². The Morgan fingerprint density at radius 1 is 1.39 bits per heavy atom. The van der Waals surface area contributed by atoms with E-state index in [0.717, 1.165) is 0 Å². The van der Waals surface area contributed by atoms with Crippen LogP contribution in [0.4, 0.5) is 8.78 Å². The minimum Gasteiger partial charge on any atom is -0.435 e. The van der Waals surface area contributed by atoms with Crippen LogP contribution in [-0.2, 0) is 11.2 Å². The number of hydrogen-bond acceptors (Lipinski definition) is 3. The highest BCUT2D eigenvalue weighted by molar-refractivity contribution is 5.78. The first-order chi connectivity index (χ1) is 8.51. The van der Waals surface area contributed by atoms with Crippen LogP contribution in [0.2, 0.25) is 0 Å². The molecule has 1 atom stereocenters. The predicted molar refractivity (Wildman–Crippen MR) is 61.5 cm³/mol. The molecule has 0 aliphatic rings. The van der Waals surface area contributed by atoms with Crippen LogP contribution in [0.1, 0.15) is 12.5 Å². The Labute approximate surface area is 104 Å². The number of aliphatic hydroxyl groups excluding tert-OH is 1. The zero-order valence-electron chi connectivity index (χ0n) is 9.90. The summed E-state index contributed by atoms with van der Waals surface area (Å²) < 4.78 is 28.0. The highest BCUT2D eigenvalue weighted by Gasteiger charge is 2.08. The third kappa shape index (κ3) is 5.09. The molecule has 0 aliphatic carbocycles. The Bertz CT molecular complexity index is 381. The molecule has 0 saturated carbocycles. The highest BCUT2D eigenvalue weighted by Crippen LogP contribution is 2.15. The molecule has 0 aliphatic heterocycles. The molecule has 0 fully saturated rings. The third-order valence-electron chi connectivity index (χ3n) is 2.19. The Morgan fingerprint density at radius 2 is 2.00 bits per heavy atom. The molecule has 1 amide bonds. The van der Waals surface area contributed by atoms with E-state index in [1.54, 1.807) is 19.1 Å². The molecule has 1 aromatic carbocycles. The lowest BCUT2D eigenvalue weighted by atomic mass is 10.1. The second-order valence-corrected chi connectivity index (χ2v) is 3.85. The van der Waals surface area contributed by atoms with Crippen molar-refractivity contribution >= 4 is 5.91 Å². The molecule has 0 aromatic heterocycles. The van der Waals surface area contributed by atoms with Crippen LogP contribution in [0.3, 0.4) is 0 Å². The van der Waals surface area contributed by atoms with E-state index in [1.165, 1.54) is 12.1 Å². The van der Waals surface area contributed by atoms with Crippen molar-refractivity contribution in [3.63, 3.8) is 0 Å². The molecule has 4 nitrogen and oxygen atoms in total. The number of aliphatic hydroxyl groups is 1. The first-order valence-electron chi connectivity index (χ1n) is 5.45. The van der Waals surface area contributed by atoms with Gasteiger partial charge in [0.05, 0.1) is 13.0 Å². The second kappa shape index (κ2) is 6.90. The van der Waals surface area contributed by atoms with Gasteiger partial charge in [0, 0.05) is 6.04 Å². The molecular weight excluding hydrogens is 244 g/mol.